The summed E-state index contributed by atoms with van der Waals surface area (Å²) in [7, 11) is -3.61. The minimum Gasteiger partial charge on any atom is -0.339 e. The lowest BCUT2D eigenvalue weighted by Crippen LogP contribution is -2.48. The van der Waals surface area contributed by atoms with Crippen molar-refractivity contribution >= 4 is 32.8 Å². The van der Waals surface area contributed by atoms with Crippen molar-refractivity contribution in [3.8, 4) is 0 Å². The Kier molecular flexibility index (Phi) is 4.94. The smallest absolute Gasteiger partial charge is 0.245 e. The van der Waals surface area contributed by atoms with E-state index < -0.39 is 10.0 Å². The second kappa shape index (κ2) is 7.14. The Hall–Kier alpha value is -1.95. The zero-order chi connectivity index (χ0) is 19.9. The third-order valence-corrected chi connectivity index (χ3v) is 7.15. The molecule has 0 radical (unpaired) electrons. The topological polar surface area (TPSA) is 105 Å². The summed E-state index contributed by atoms with van der Waals surface area (Å²) in [6.45, 7) is 8.61. The van der Waals surface area contributed by atoms with E-state index in [9.17, 15) is 8.42 Å². The van der Waals surface area contributed by atoms with E-state index in [1.165, 1.54) is 4.31 Å². The third-order valence-electron chi connectivity index (χ3n) is 4.67. The molecular formula is C17H22N6O3S2. The van der Waals surface area contributed by atoms with E-state index in [1.54, 1.807) is 18.2 Å². The average Bonchev–Trinajstić information content (AvgIpc) is 3.30. The van der Waals surface area contributed by atoms with Crippen LogP contribution in [0.5, 0.6) is 0 Å². The summed E-state index contributed by atoms with van der Waals surface area (Å²) in [5, 5.41) is 4.05. The minimum absolute atomic E-state index is 0.191. The van der Waals surface area contributed by atoms with Crippen molar-refractivity contribution in [2.24, 2.45) is 0 Å². The molecule has 28 heavy (non-hydrogen) atoms. The summed E-state index contributed by atoms with van der Waals surface area (Å²) in [5.74, 6) is 1.23. The molecule has 3 heterocycles. The van der Waals surface area contributed by atoms with Gasteiger partial charge < -0.3 is 4.52 Å². The Morgan fingerprint density at radius 1 is 1.14 bits per heavy atom. The van der Waals surface area contributed by atoms with Gasteiger partial charge in [-0.25, -0.2) is 8.42 Å². The van der Waals surface area contributed by atoms with E-state index in [4.69, 9.17) is 4.52 Å². The maximum absolute atomic E-state index is 13.1. The second-order valence-corrected chi connectivity index (χ2v) is 10.3. The van der Waals surface area contributed by atoms with Crippen molar-refractivity contribution < 1.29 is 12.9 Å². The molecule has 0 saturated carbocycles. The largest absolute Gasteiger partial charge is 0.339 e. The Morgan fingerprint density at radius 3 is 2.57 bits per heavy atom. The van der Waals surface area contributed by atoms with Crippen molar-refractivity contribution in [2.75, 3.05) is 26.2 Å². The van der Waals surface area contributed by atoms with Gasteiger partial charge in [0.15, 0.2) is 5.82 Å². The fraction of sp³-hybridized carbons (Fsp3) is 0.529. The Labute approximate surface area is 167 Å². The highest BCUT2D eigenvalue weighted by Crippen LogP contribution is 2.25. The van der Waals surface area contributed by atoms with Crippen molar-refractivity contribution in [2.45, 2.75) is 37.6 Å². The predicted molar refractivity (Wildman–Crippen MR) is 104 cm³/mol. The number of aromatic nitrogens is 4. The quantitative estimate of drug-likeness (QED) is 0.627. The van der Waals surface area contributed by atoms with Crippen LogP contribution in [0.4, 0.5) is 0 Å². The normalized spacial score (nSPS) is 17.4. The first-order valence-corrected chi connectivity index (χ1v) is 11.2. The van der Waals surface area contributed by atoms with Crippen LogP contribution in [0.3, 0.4) is 0 Å². The zero-order valence-corrected chi connectivity index (χ0v) is 17.6. The van der Waals surface area contributed by atoms with E-state index in [0.29, 0.717) is 55.5 Å². The van der Waals surface area contributed by atoms with Gasteiger partial charge in [-0.05, 0) is 12.1 Å². The highest BCUT2D eigenvalue weighted by atomic mass is 32.2. The number of sulfonamides is 1. The van der Waals surface area contributed by atoms with Crippen LogP contribution in [0.1, 0.15) is 32.5 Å². The minimum atomic E-state index is -3.61. The highest BCUT2D eigenvalue weighted by molar-refractivity contribution is 7.89. The molecule has 0 atom stereocenters. The predicted octanol–water partition coefficient (Wildman–Crippen LogP) is 1.88. The van der Waals surface area contributed by atoms with E-state index in [-0.39, 0.29) is 10.3 Å². The number of hydrogen-bond acceptors (Lipinski definition) is 9. The number of rotatable bonds is 4. The molecule has 3 aromatic rings. The van der Waals surface area contributed by atoms with Crippen LogP contribution in [0.25, 0.3) is 11.0 Å². The number of nitrogens with zero attached hydrogens (tertiary/aromatic N) is 6. The van der Waals surface area contributed by atoms with Gasteiger partial charge in [0.05, 0.1) is 18.3 Å². The summed E-state index contributed by atoms with van der Waals surface area (Å²) in [5.41, 5.74) is 0.858. The number of hydrogen-bond donors (Lipinski definition) is 0. The maximum Gasteiger partial charge on any atom is 0.245 e. The molecular weight excluding hydrogens is 400 g/mol. The van der Waals surface area contributed by atoms with Gasteiger partial charge in [0.25, 0.3) is 0 Å². The number of fused-ring (bicyclic) bond motifs is 1. The van der Waals surface area contributed by atoms with Crippen molar-refractivity contribution in [3.63, 3.8) is 0 Å². The molecule has 1 aliphatic rings. The first-order chi connectivity index (χ1) is 13.2. The lowest BCUT2D eigenvalue weighted by atomic mass is 9.97. The Balaban J connectivity index is 1.44. The van der Waals surface area contributed by atoms with E-state index in [1.807, 2.05) is 20.8 Å². The van der Waals surface area contributed by atoms with Crippen LogP contribution in [-0.4, -0.2) is 62.7 Å². The molecule has 0 unspecified atom stereocenters. The molecule has 150 valence electrons. The van der Waals surface area contributed by atoms with Crippen LogP contribution in [0.2, 0.25) is 0 Å². The molecule has 9 nitrogen and oxygen atoms in total. The van der Waals surface area contributed by atoms with Crippen molar-refractivity contribution in [1.82, 2.24) is 28.1 Å². The average molecular weight is 423 g/mol. The van der Waals surface area contributed by atoms with Crippen LogP contribution in [-0.2, 0) is 22.0 Å². The molecule has 0 bridgehead atoms. The molecule has 2 aromatic heterocycles. The third kappa shape index (κ3) is 3.66. The standard InChI is InChI=1S/C17H22N6O3S2/c1-17(2,3)16-18-14(19-26-16)11-22-7-9-23(10-8-22)28(24,25)13-6-4-5-12-15(13)21-27-20-12/h4-6H,7-11H2,1-3H3. The summed E-state index contributed by atoms with van der Waals surface area (Å²) >= 11 is 1.02. The fourth-order valence-corrected chi connectivity index (χ4v) is 5.25. The number of piperazine rings is 1. The van der Waals surface area contributed by atoms with Gasteiger partial charge in [-0.2, -0.15) is 18.0 Å². The van der Waals surface area contributed by atoms with Gasteiger partial charge >= 0.3 is 0 Å². The summed E-state index contributed by atoms with van der Waals surface area (Å²) in [6, 6.07) is 5.07. The maximum atomic E-state index is 13.1. The van der Waals surface area contributed by atoms with Crippen molar-refractivity contribution in [3.05, 3.63) is 29.9 Å². The number of benzene rings is 1. The van der Waals surface area contributed by atoms with Gasteiger partial charge in [-0.3, -0.25) is 4.90 Å². The lowest BCUT2D eigenvalue weighted by Gasteiger charge is -2.33. The molecule has 4 rings (SSSR count). The fourth-order valence-electron chi connectivity index (χ4n) is 3.08. The lowest BCUT2D eigenvalue weighted by molar-refractivity contribution is 0.176. The second-order valence-electron chi connectivity index (χ2n) is 7.83. The van der Waals surface area contributed by atoms with E-state index >= 15 is 0 Å². The molecule has 0 aliphatic carbocycles. The summed E-state index contributed by atoms with van der Waals surface area (Å²) in [4.78, 5) is 6.81. The van der Waals surface area contributed by atoms with Crippen LogP contribution in [0.15, 0.2) is 27.6 Å². The Morgan fingerprint density at radius 2 is 1.89 bits per heavy atom. The van der Waals surface area contributed by atoms with Gasteiger partial charge in [0.1, 0.15) is 15.9 Å². The van der Waals surface area contributed by atoms with Gasteiger partial charge in [-0.1, -0.05) is 32.0 Å². The first kappa shape index (κ1) is 19.4. The summed E-state index contributed by atoms with van der Waals surface area (Å²) in [6.07, 6.45) is 0. The van der Waals surface area contributed by atoms with Gasteiger partial charge in [0.2, 0.25) is 15.9 Å². The monoisotopic (exact) mass is 422 g/mol. The highest BCUT2D eigenvalue weighted by Gasteiger charge is 2.31. The summed E-state index contributed by atoms with van der Waals surface area (Å²) < 4.78 is 41.3. The molecule has 1 saturated heterocycles. The molecule has 0 spiro atoms. The van der Waals surface area contributed by atoms with Crippen molar-refractivity contribution in [1.29, 1.82) is 0 Å². The molecule has 1 aromatic carbocycles. The molecule has 11 heteroatoms. The molecule has 1 aliphatic heterocycles. The van der Waals surface area contributed by atoms with Gasteiger partial charge in [-0.15, -0.1) is 0 Å². The van der Waals surface area contributed by atoms with Crippen LogP contribution < -0.4 is 0 Å². The van der Waals surface area contributed by atoms with E-state index in [0.717, 1.165) is 11.7 Å². The zero-order valence-electron chi connectivity index (χ0n) is 16.0. The molecule has 0 amide bonds. The molecule has 1 fully saturated rings. The first-order valence-electron chi connectivity index (χ1n) is 9.02. The molecule has 0 N–H and O–H groups in total. The Bertz CT molecular complexity index is 1080. The van der Waals surface area contributed by atoms with Crippen LogP contribution in [0, 0.1) is 0 Å². The van der Waals surface area contributed by atoms with E-state index in [2.05, 4.69) is 23.8 Å². The van der Waals surface area contributed by atoms with Crippen LogP contribution >= 0.6 is 11.7 Å². The van der Waals surface area contributed by atoms with Gasteiger partial charge in [0, 0.05) is 31.6 Å². The SMILES string of the molecule is CC(C)(C)c1nc(CN2CCN(S(=O)(=O)c3cccc4nsnc34)CC2)no1.